The molecule has 1 N–H and O–H groups in total. The van der Waals surface area contributed by atoms with E-state index in [1.807, 2.05) is 31.2 Å². The van der Waals surface area contributed by atoms with E-state index in [0.29, 0.717) is 17.4 Å². The SMILES string of the molecule is CNC(=O)/C(=N\OC)c1ccccc1CO/N=C(\C)[C@@H]1C[C@H]1c1cccs1. The first-order valence-electron chi connectivity index (χ1n) is 8.77. The highest BCUT2D eigenvalue weighted by atomic mass is 32.1. The monoisotopic (exact) mass is 385 g/mol. The Bertz CT molecular complexity index is 846. The molecule has 3 rings (SSSR count). The smallest absolute Gasteiger partial charge is 0.273 e. The van der Waals surface area contributed by atoms with E-state index in [4.69, 9.17) is 9.68 Å². The van der Waals surface area contributed by atoms with Crippen LogP contribution >= 0.6 is 11.3 Å². The van der Waals surface area contributed by atoms with E-state index >= 15 is 0 Å². The maximum absolute atomic E-state index is 12.1. The summed E-state index contributed by atoms with van der Waals surface area (Å²) in [5.74, 6) is 0.703. The van der Waals surface area contributed by atoms with Crippen LogP contribution in [-0.2, 0) is 21.1 Å². The number of likely N-dealkylation sites (N-methyl/N-ethyl adjacent to an activating group) is 1. The maximum atomic E-state index is 12.1. The molecule has 2 atom stereocenters. The average Bonchev–Trinajstić information content (AvgIpc) is 3.31. The topological polar surface area (TPSA) is 72.3 Å². The van der Waals surface area contributed by atoms with E-state index in [-0.39, 0.29) is 18.2 Å². The lowest BCUT2D eigenvalue weighted by Gasteiger charge is -2.10. The fourth-order valence-electron chi connectivity index (χ4n) is 3.04. The number of thiophene rings is 1. The van der Waals surface area contributed by atoms with Crippen molar-refractivity contribution in [1.29, 1.82) is 0 Å². The third-order valence-electron chi connectivity index (χ3n) is 4.56. The molecular weight excluding hydrogens is 362 g/mol. The molecule has 0 radical (unpaired) electrons. The van der Waals surface area contributed by atoms with Gasteiger partial charge in [-0.15, -0.1) is 11.3 Å². The molecule has 0 bridgehead atoms. The molecule has 142 valence electrons. The molecule has 1 amide bonds. The summed E-state index contributed by atoms with van der Waals surface area (Å²) in [7, 11) is 2.97. The summed E-state index contributed by atoms with van der Waals surface area (Å²) >= 11 is 1.79. The van der Waals surface area contributed by atoms with Crippen LogP contribution in [0.3, 0.4) is 0 Å². The Morgan fingerprint density at radius 3 is 2.78 bits per heavy atom. The molecule has 0 spiro atoms. The molecule has 1 heterocycles. The number of amides is 1. The van der Waals surface area contributed by atoms with Crippen molar-refractivity contribution in [2.24, 2.45) is 16.2 Å². The Balaban J connectivity index is 1.66. The largest absolute Gasteiger partial charge is 0.398 e. The van der Waals surface area contributed by atoms with Gasteiger partial charge in [-0.3, -0.25) is 4.79 Å². The lowest BCUT2D eigenvalue weighted by molar-refractivity contribution is -0.114. The molecule has 1 fully saturated rings. The molecule has 2 aromatic rings. The summed E-state index contributed by atoms with van der Waals surface area (Å²) in [6, 6.07) is 11.7. The van der Waals surface area contributed by atoms with Gasteiger partial charge in [0.25, 0.3) is 5.91 Å². The first-order valence-corrected chi connectivity index (χ1v) is 9.65. The van der Waals surface area contributed by atoms with Crippen molar-refractivity contribution >= 4 is 28.7 Å². The fourth-order valence-corrected chi connectivity index (χ4v) is 3.95. The van der Waals surface area contributed by atoms with Gasteiger partial charge in [-0.25, -0.2) is 0 Å². The number of nitrogens with zero attached hydrogens (tertiary/aromatic N) is 2. The standard InChI is InChI=1S/C20H23N3O3S/c1-13(16-11-17(16)18-9-6-10-27-18)22-26-12-14-7-4-5-8-15(14)19(23-25-3)20(24)21-2/h4-10,16-17H,11-12H2,1-3H3,(H,21,24)/b22-13+,23-19-/t16-,17+/m0/s1. The quantitative estimate of drug-likeness (QED) is 0.558. The van der Waals surface area contributed by atoms with Crippen molar-refractivity contribution in [2.45, 2.75) is 25.9 Å². The lowest BCUT2D eigenvalue weighted by atomic mass is 10.0. The first kappa shape index (κ1) is 19.1. The highest BCUT2D eigenvalue weighted by Crippen LogP contribution is 2.49. The number of nitrogens with one attached hydrogen (secondary N) is 1. The minimum Gasteiger partial charge on any atom is -0.398 e. The van der Waals surface area contributed by atoms with Crippen LogP contribution in [0.1, 0.15) is 35.3 Å². The molecule has 1 aliphatic carbocycles. The highest BCUT2D eigenvalue weighted by molar-refractivity contribution is 7.10. The molecular formula is C20H23N3O3S. The Morgan fingerprint density at radius 2 is 2.07 bits per heavy atom. The predicted molar refractivity (Wildman–Crippen MR) is 107 cm³/mol. The van der Waals surface area contributed by atoms with Crippen LogP contribution in [0.2, 0.25) is 0 Å². The van der Waals surface area contributed by atoms with Crippen molar-refractivity contribution in [3.05, 3.63) is 57.8 Å². The van der Waals surface area contributed by atoms with Gasteiger partial charge in [-0.2, -0.15) is 0 Å². The van der Waals surface area contributed by atoms with E-state index in [2.05, 4.69) is 33.1 Å². The van der Waals surface area contributed by atoms with Crippen LogP contribution in [0, 0.1) is 5.92 Å². The molecule has 0 unspecified atom stereocenters. The van der Waals surface area contributed by atoms with Crippen LogP contribution < -0.4 is 5.32 Å². The minimum atomic E-state index is -0.319. The molecule has 0 aliphatic heterocycles. The van der Waals surface area contributed by atoms with E-state index in [0.717, 1.165) is 17.7 Å². The second-order valence-electron chi connectivity index (χ2n) is 6.33. The van der Waals surface area contributed by atoms with Crippen LogP contribution in [0.4, 0.5) is 0 Å². The molecule has 1 saturated carbocycles. The number of oxime groups is 2. The zero-order valence-electron chi connectivity index (χ0n) is 15.6. The van der Waals surface area contributed by atoms with E-state index in [1.165, 1.54) is 12.0 Å². The van der Waals surface area contributed by atoms with Gasteiger partial charge in [0.1, 0.15) is 13.7 Å². The molecule has 1 aliphatic rings. The second-order valence-corrected chi connectivity index (χ2v) is 7.31. The maximum Gasteiger partial charge on any atom is 0.273 e. The lowest BCUT2D eigenvalue weighted by Crippen LogP contribution is -2.29. The summed E-state index contributed by atoms with van der Waals surface area (Å²) in [5.41, 5.74) is 2.69. The van der Waals surface area contributed by atoms with Crippen LogP contribution in [0.15, 0.2) is 52.1 Å². The average molecular weight is 385 g/mol. The van der Waals surface area contributed by atoms with Gasteiger partial charge in [-0.1, -0.05) is 40.6 Å². The van der Waals surface area contributed by atoms with Crippen molar-refractivity contribution in [3.8, 4) is 0 Å². The molecule has 6 nitrogen and oxygen atoms in total. The Kier molecular flexibility index (Phi) is 6.24. The zero-order chi connectivity index (χ0) is 19.2. The molecule has 0 saturated heterocycles. The van der Waals surface area contributed by atoms with Crippen LogP contribution in [-0.4, -0.2) is 31.5 Å². The number of carbonyl (C=O) groups is 1. The molecule has 27 heavy (non-hydrogen) atoms. The van der Waals surface area contributed by atoms with Gasteiger partial charge in [0.05, 0.1) is 5.71 Å². The third kappa shape index (κ3) is 4.54. The van der Waals surface area contributed by atoms with Gasteiger partial charge in [0.2, 0.25) is 0 Å². The fraction of sp³-hybridized carbons (Fsp3) is 0.350. The number of rotatable bonds is 8. The van der Waals surface area contributed by atoms with Gasteiger partial charge in [0.15, 0.2) is 5.71 Å². The van der Waals surface area contributed by atoms with Crippen molar-refractivity contribution in [3.63, 3.8) is 0 Å². The normalized spacial score (nSPS) is 19.5. The Morgan fingerprint density at radius 1 is 1.26 bits per heavy atom. The summed E-state index contributed by atoms with van der Waals surface area (Å²) in [4.78, 5) is 23.9. The van der Waals surface area contributed by atoms with Crippen molar-refractivity contribution in [1.82, 2.24) is 5.32 Å². The minimum absolute atomic E-state index is 0.208. The summed E-state index contributed by atoms with van der Waals surface area (Å²) in [6.45, 7) is 2.26. The van der Waals surface area contributed by atoms with Gasteiger partial charge in [0, 0.05) is 34.9 Å². The van der Waals surface area contributed by atoms with E-state index < -0.39 is 0 Å². The Hall–Kier alpha value is -2.67. The van der Waals surface area contributed by atoms with Gasteiger partial charge < -0.3 is 15.0 Å². The van der Waals surface area contributed by atoms with Crippen molar-refractivity contribution in [2.75, 3.05) is 14.2 Å². The molecule has 1 aromatic carbocycles. The molecule has 1 aromatic heterocycles. The second kappa shape index (κ2) is 8.81. The van der Waals surface area contributed by atoms with E-state index in [9.17, 15) is 4.79 Å². The zero-order valence-corrected chi connectivity index (χ0v) is 16.5. The number of carbonyl (C=O) groups excluding carboxylic acids is 1. The van der Waals surface area contributed by atoms with Crippen molar-refractivity contribution < 1.29 is 14.5 Å². The predicted octanol–water partition coefficient (Wildman–Crippen LogP) is 3.54. The molecule has 7 heteroatoms. The Labute approximate surface area is 162 Å². The summed E-state index contributed by atoms with van der Waals surface area (Å²) < 4.78 is 0. The third-order valence-corrected chi connectivity index (χ3v) is 5.57. The first-order chi connectivity index (χ1) is 13.2. The van der Waals surface area contributed by atoms with E-state index in [1.54, 1.807) is 18.4 Å². The number of hydrogen-bond acceptors (Lipinski definition) is 6. The number of hydrogen-bond donors (Lipinski definition) is 1. The summed E-state index contributed by atoms with van der Waals surface area (Å²) in [6.07, 6.45) is 1.12. The van der Waals surface area contributed by atoms with Gasteiger partial charge >= 0.3 is 0 Å². The summed E-state index contributed by atoms with van der Waals surface area (Å²) in [5, 5.41) is 12.8. The van der Waals surface area contributed by atoms with Crippen LogP contribution in [0.5, 0.6) is 0 Å². The van der Waals surface area contributed by atoms with Gasteiger partial charge in [-0.05, 0) is 24.8 Å². The van der Waals surface area contributed by atoms with Crippen LogP contribution in [0.25, 0.3) is 0 Å². The highest BCUT2D eigenvalue weighted by Gasteiger charge is 2.41. The number of benzene rings is 1.